The fourth-order valence-corrected chi connectivity index (χ4v) is 0.418. The molecule has 0 amide bonds. The first kappa shape index (κ1) is 8.47. The van der Waals surface area contributed by atoms with Crippen LogP contribution in [0.2, 0.25) is 0 Å². The van der Waals surface area contributed by atoms with E-state index in [1.54, 1.807) is 6.42 Å². The van der Waals surface area contributed by atoms with Gasteiger partial charge in [0.25, 0.3) is 0 Å². The number of rotatable bonds is 3. The number of hydrogen-bond donors (Lipinski definition) is 0. The van der Waals surface area contributed by atoms with Gasteiger partial charge in [0.2, 0.25) is 0 Å². The quantitative estimate of drug-likeness (QED) is 0.538. The van der Waals surface area contributed by atoms with Crippen LogP contribution < -0.4 is 0 Å². The van der Waals surface area contributed by atoms with Crippen LogP contribution in [0.1, 0.15) is 20.3 Å². The fourth-order valence-electron chi connectivity index (χ4n) is 0.418. The minimum absolute atomic E-state index is 0.232. The average molecular weight is 129 g/mol. The molecule has 0 aromatic rings. The van der Waals surface area contributed by atoms with Gasteiger partial charge in [0.15, 0.2) is 0 Å². The highest BCUT2D eigenvalue weighted by molar-refractivity contribution is 5.78. The number of hydrogen-bond acceptors (Lipinski definition) is 2. The van der Waals surface area contributed by atoms with Crippen molar-refractivity contribution < 1.29 is 9.53 Å². The van der Waals surface area contributed by atoms with E-state index in [9.17, 15) is 4.79 Å². The molecule has 0 N–H and O–H groups in total. The van der Waals surface area contributed by atoms with Gasteiger partial charge < -0.3 is 4.74 Å². The maximum Gasteiger partial charge on any atom is 0.309 e. The maximum absolute atomic E-state index is 10.5. The predicted molar refractivity (Wildman–Crippen MR) is 35.8 cm³/mol. The molecule has 0 aliphatic rings. The number of carbonyl (C=O) groups is 1. The molecule has 0 saturated carbocycles. The molecule has 2 heteroatoms. The highest BCUT2D eigenvalue weighted by atomic mass is 16.5. The van der Waals surface area contributed by atoms with Crippen LogP contribution >= 0.6 is 0 Å². The van der Waals surface area contributed by atoms with Crippen molar-refractivity contribution in [1.29, 1.82) is 0 Å². The summed E-state index contributed by atoms with van der Waals surface area (Å²) in [5.41, 5.74) is 0. The molecule has 0 aliphatic heterocycles. The third kappa shape index (κ3) is 4.01. The minimum atomic E-state index is -0.232. The first-order valence-corrected chi connectivity index (χ1v) is 3.13. The van der Waals surface area contributed by atoms with E-state index in [1.165, 1.54) is 7.11 Å². The van der Waals surface area contributed by atoms with Crippen LogP contribution in [0.5, 0.6) is 0 Å². The lowest BCUT2D eigenvalue weighted by atomic mass is 10.1. The van der Waals surface area contributed by atoms with Crippen molar-refractivity contribution in [2.75, 3.05) is 7.11 Å². The van der Waals surface area contributed by atoms with E-state index >= 15 is 0 Å². The van der Waals surface area contributed by atoms with Crippen molar-refractivity contribution in [1.82, 2.24) is 0 Å². The van der Waals surface area contributed by atoms with Gasteiger partial charge in [-0.15, -0.1) is 0 Å². The van der Waals surface area contributed by atoms with Gasteiger partial charge in [-0.3, -0.25) is 4.79 Å². The lowest BCUT2D eigenvalue weighted by Crippen LogP contribution is -2.06. The van der Waals surface area contributed by atoms with E-state index in [2.05, 4.69) is 4.74 Å². The van der Waals surface area contributed by atoms with E-state index in [1.807, 2.05) is 13.8 Å². The average Bonchev–Trinajstić information content (AvgIpc) is 1.87. The summed E-state index contributed by atoms with van der Waals surface area (Å²) in [6, 6.07) is 0. The molecule has 0 aromatic heterocycles. The van der Waals surface area contributed by atoms with E-state index in [0.29, 0.717) is 5.92 Å². The Balaban J connectivity index is 3.34. The summed E-state index contributed by atoms with van der Waals surface area (Å²) in [5.74, 6) is 0.0989. The maximum atomic E-state index is 10.5. The summed E-state index contributed by atoms with van der Waals surface area (Å²) < 4.78 is 4.43. The van der Waals surface area contributed by atoms with Crippen LogP contribution in [0, 0.1) is 12.3 Å². The molecule has 0 aliphatic carbocycles. The molecule has 53 valence electrons. The van der Waals surface area contributed by atoms with Crippen LogP contribution in [-0.4, -0.2) is 13.1 Å². The molecular formula is C7H13O2. The largest absolute Gasteiger partial charge is 0.469 e. The fraction of sp³-hybridized carbons (Fsp3) is 0.714. The molecule has 1 atom stereocenters. The second-order valence-electron chi connectivity index (χ2n) is 2.08. The van der Waals surface area contributed by atoms with Crippen molar-refractivity contribution >= 4 is 5.97 Å². The third-order valence-corrected chi connectivity index (χ3v) is 1.27. The van der Waals surface area contributed by atoms with Crippen molar-refractivity contribution in [3.8, 4) is 0 Å². The van der Waals surface area contributed by atoms with E-state index < -0.39 is 0 Å². The third-order valence-electron chi connectivity index (χ3n) is 1.27. The van der Waals surface area contributed by atoms with E-state index in [0.717, 1.165) is 6.42 Å². The van der Waals surface area contributed by atoms with Gasteiger partial charge in [0, 0.05) is 0 Å². The zero-order valence-corrected chi connectivity index (χ0v) is 6.18. The van der Waals surface area contributed by atoms with Crippen molar-refractivity contribution in [2.24, 2.45) is 5.92 Å². The molecule has 1 radical (unpaired) electrons. The van der Waals surface area contributed by atoms with Crippen LogP contribution in [0.4, 0.5) is 0 Å². The second kappa shape index (κ2) is 4.36. The monoisotopic (exact) mass is 129 g/mol. The van der Waals surface area contributed by atoms with Gasteiger partial charge in [0.05, 0.1) is 13.5 Å². The van der Waals surface area contributed by atoms with Crippen LogP contribution in [0.25, 0.3) is 0 Å². The minimum Gasteiger partial charge on any atom is -0.469 e. The zero-order valence-electron chi connectivity index (χ0n) is 6.18. The molecule has 2 nitrogen and oxygen atoms in total. The zero-order chi connectivity index (χ0) is 7.28. The first-order valence-electron chi connectivity index (χ1n) is 3.13. The van der Waals surface area contributed by atoms with E-state index in [4.69, 9.17) is 0 Å². The Hall–Kier alpha value is -0.530. The molecular weight excluding hydrogens is 116 g/mol. The molecule has 0 fully saturated rings. The highest BCUT2D eigenvalue weighted by Crippen LogP contribution is 2.04. The Bertz CT molecular complexity index is 88.9. The van der Waals surface area contributed by atoms with Gasteiger partial charge in [0.1, 0.15) is 0 Å². The summed E-state index contributed by atoms with van der Waals surface area (Å²) in [6.45, 7) is 4.01. The Kier molecular flexibility index (Phi) is 4.10. The topological polar surface area (TPSA) is 26.3 Å². The first-order chi connectivity index (χ1) is 4.20. The standard InChI is InChI=1S/C7H13O2/c1-4-6(2)5-7(8)9-3/h5-6H,4H2,1-3H3. The van der Waals surface area contributed by atoms with Gasteiger partial charge in [-0.2, -0.15) is 0 Å². The smallest absolute Gasteiger partial charge is 0.309 e. The van der Waals surface area contributed by atoms with Crippen molar-refractivity contribution in [2.45, 2.75) is 20.3 Å². The normalized spacial score (nSPS) is 12.8. The molecule has 0 spiro atoms. The molecule has 0 bridgehead atoms. The SMILES string of the molecule is CCC(C)[CH]C(=O)OC. The molecule has 1 unspecified atom stereocenters. The van der Waals surface area contributed by atoms with Crippen LogP contribution in [-0.2, 0) is 9.53 Å². The summed E-state index contributed by atoms with van der Waals surface area (Å²) in [4.78, 5) is 10.5. The van der Waals surface area contributed by atoms with Crippen LogP contribution in [0.15, 0.2) is 0 Å². The molecule has 0 saturated heterocycles. The lowest BCUT2D eigenvalue weighted by Gasteiger charge is -2.03. The molecule has 9 heavy (non-hydrogen) atoms. The summed E-state index contributed by atoms with van der Waals surface area (Å²) in [7, 11) is 1.39. The summed E-state index contributed by atoms with van der Waals surface area (Å²) >= 11 is 0. The van der Waals surface area contributed by atoms with E-state index in [-0.39, 0.29) is 5.97 Å². The van der Waals surface area contributed by atoms with Crippen molar-refractivity contribution in [3.63, 3.8) is 0 Å². The lowest BCUT2D eigenvalue weighted by molar-refractivity contribution is -0.137. The Morgan fingerprint density at radius 3 is 2.67 bits per heavy atom. The Labute approximate surface area is 56.2 Å². The number of carbonyl (C=O) groups excluding carboxylic acids is 1. The Morgan fingerprint density at radius 2 is 2.33 bits per heavy atom. The van der Waals surface area contributed by atoms with Crippen molar-refractivity contribution in [3.05, 3.63) is 6.42 Å². The Morgan fingerprint density at radius 1 is 1.78 bits per heavy atom. The van der Waals surface area contributed by atoms with Gasteiger partial charge in [-0.05, 0) is 5.92 Å². The number of esters is 1. The predicted octanol–water partition coefficient (Wildman–Crippen LogP) is 1.41. The second-order valence-corrected chi connectivity index (χ2v) is 2.08. The summed E-state index contributed by atoms with van der Waals surface area (Å²) in [6.07, 6.45) is 2.56. The van der Waals surface area contributed by atoms with Crippen LogP contribution in [0.3, 0.4) is 0 Å². The highest BCUT2D eigenvalue weighted by Gasteiger charge is 2.06. The molecule has 0 rings (SSSR count). The molecule has 0 aromatic carbocycles. The summed E-state index contributed by atoms with van der Waals surface area (Å²) in [5, 5.41) is 0. The van der Waals surface area contributed by atoms with Gasteiger partial charge in [-0.25, -0.2) is 0 Å². The van der Waals surface area contributed by atoms with Gasteiger partial charge >= 0.3 is 5.97 Å². The van der Waals surface area contributed by atoms with Gasteiger partial charge in [-0.1, -0.05) is 20.3 Å². The number of ether oxygens (including phenoxy) is 1. The molecule has 0 heterocycles. The number of methoxy groups -OCH3 is 1.